The summed E-state index contributed by atoms with van der Waals surface area (Å²) in [6, 6.07) is 16.4. The van der Waals surface area contributed by atoms with E-state index in [2.05, 4.69) is 25.5 Å². The third kappa shape index (κ3) is 4.61. The molecule has 0 spiro atoms. The van der Waals surface area contributed by atoms with E-state index in [9.17, 15) is 9.59 Å². The largest absolute Gasteiger partial charge is 0.481 e. The van der Waals surface area contributed by atoms with Crippen LogP contribution in [-0.4, -0.2) is 51.6 Å². The summed E-state index contributed by atoms with van der Waals surface area (Å²) in [5, 5.41) is 20.9. The number of pyridine rings is 1. The van der Waals surface area contributed by atoms with Crippen LogP contribution >= 0.6 is 23.4 Å². The number of tetrazole rings is 1. The maximum atomic E-state index is 13.4. The topological polar surface area (TPSA) is 132 Å². The van der Waals surface area contributed by atoms with Gasteiger partial charge >= 0.3 is 5.97 Å². The lowest BCUT2D eigenvalue weighted by Crippen LogP contribution is -2.23. The quantitative estimate of drug-likeness (QED) is 0.290. The summed E-state index contributed by atoms with van der Waals surface area (Å²) >= 11 is 7.56. The van der Waals surface area contributed by atoms with Gasteiger partial charge in [0.2, 0.25) is 0 Å². The van der Waals surface area contributed by atoms with Gasteiger partial charge in [0.25, 0.3) is 5.56 Å². The van der Waals surface area contributed by atoms with E-state index in [1.165, 1.54) is 18.1 Å². The molecule has 1 aliphatic rings. The highest BCUT2D eigenvalue weighted by Crippen LogP contribution is 2.34. The second-order valence-corrected chi connectivity index (χ2v) is 10.3. The van der Waals surface area contributed by atoms with Gasteiger partial charge in [-0.15, -0.1) is 16.9 Å². The summed E-state index contributed by atoms with van der Waals surface area (Å²) in [5.74, 6) is -0.164. The Labute approximate surface area is 225 Å². The molecule has 2 N–H and O–H groups in total. The highest BCUT2D eigenvalue weighted by Gasteiger charge is 2.28. The normalized spacial score (nSPS) is 14.5. The Kier molecular flexibility index (Phi) is 6.30. The van der Waals surface area contributed by atoms with Gasteiger partial charge in [-0.3, -0.25) is 9.59 Å². The molecular formula is C26H20ClN7O3S. The number of imidazole rings is 1. The lowest BCUT2D eigenvalue weighted by Gasteiger charge is -2.15. The van der Waals surface area contributed by atoms with Crippen molar-refractivity contribution >= 4 is 29.3 Å². The van der Waals surface area contributed by atoms with E-state index < -0.39 is 5.97 Å². The highest BCUT2D eigenvalue weighted by molar-refractivity contribution is 8.00. The first kappa shape index (κ1) is 24.1. The zero-order chi connectivity index (χ0) is 26.2. The third-order valence-corrected chi connectivity index (χ3v) is 7.63. The number of aliphatic carboxylic acids is 1. The van der Waals surface area contributed by atoms with Crippen LogP contribution in [-0.2, 0) is 11.2 Å². The molecule has 0 unspecified atom stereocenters. The molecule has 0 radical (unpaired) electrons. The maximum absolute atomic E-state index is 13.4. The predicted octanol–water partition coefficient (Wildman–Crippen LogP) is 4.25. The van der Waals surface area contributed by atoms with Crippen molar-refractivity contribution in [2.45, 2.75) is 23.8 Å². The number of nitrogens with one attached hydrogen (secondary N) is 1. The number of carbonyl (C=O) groups is 1. The van der Waals surface area contributed by atoms with Crippen LogP contribution < -0.4 is 5.56 Å². The number of H-pyrrole nitrogens is 1. The van der Waals surface area contributed by atoms with E-state index >= 15 is 0 Å². The molecule has 0 aliphatic carbocycles. The Morgan fingerprint density at radius 3 is 2.87 bits per heavy atom. The van der Waals surface area contributed by atoms with Crippen molar-refractivity contribution in [1.82, 2.24) is 34.7 Å². The Balaban J connectivity index is 1.32. The number of benzene rings is 2. The van der Waals surface area contributed by atoms with Crippen LogP contribution in [0.15, 0.2) is 76.8 Å². The molecule has 3 aromatic heterocycles. The Morgan fingerprint density at radius 1 is 1.16 bits per heavy atom. The van der Waals surface area contributed by atoms with Crippen molar-refractivity contribution in [2.24, 2.45) is 0 Å². The first-order valence-corrected chi connectivity index (χ1v) is 13.1. The SMILES string of the molecule is O=C(O)CSc1cccc(-c2cnc([C@@H]3CCc4cc(-c5cc(Cl)ccc5-n5cnnn5)cc(=O)n43)[nH]2)c1. The van der Waals surface area contributed by atoms with Crippen molar-refractivity contribution in [2.75, 3.05) is 5.75 Å². The van der Waals surface area contributed by atoms with Crippen LogP contribution in [0.1, 0.15) is 24.0 Å². The molecule has 2 aromatic carbocycles. The summed E-state index contributed by atoms with van der Waals surface area (Å²) in [7, 11) is 0. The number of carboxylic acid groups (broad SMARTS) is 1. The molecule has 1 atom stereocenters. The van der Waals surface area contributed by atoms with Crippen LogP contribution in [0, 0.1) is 0 Å². The minimum atomic E-state index is -0.861. The van der Waals surface area contributed by atoms with Crippen LogP contribution in [0.4, 0.5) is 0 Å². The average Bonchev–Trinajstić information content (AvgIpc) is 3.68. The molecule has 6 rings (SSSR count). The van der Waals surface area contributed by atoms with E-state index in [0.717, 1.165) is 45.1 Å². The van der Waals surface area contributed by atoms with Gasteiger partial charge in [0.05, 0.1) is 29.4 Å². The molecule has 0 saturated carbocycles. The summed E-state index contributed by atoms with van der Waals surface area (Å²) in [5.41, 5.74) is 4.70. The fourth-order valence-electron chi connectivity index (χ4n) is 4.77. The Morgan fingerprint density at radius 2 is 2.05 bits per heavy atom. The van der Waals surface area contributed by atoms with Crippen molar-refractivity contribution in [1.29, 1.82) is 0 Å². The van der Waals surface area contributed by atoms with Crippen LogP contribution in [0.2, 0.25) is 5.02 Å². The number of nitrogens with zero attached hydrogens (tertiary/aromatic N) is 6. The lowest BCUT2D eigenvalue weighted by molar-refractivity contribution is -0.133. The van der Waals surface area contributed by atoms with E-state index in [0.29, 0.717) is 17.3 Å². The number of hydrogen-bond acceptors (Lipinski definition) is 7. The molecular weight excluding hydrogens is 526 g/mol. The predicted molar refractivity (Wildman–Crippen MR) is 143 cm³/mol. The van der Waals surface area contributed by atoms with Crippen molar-refractivity contribution in [3.63, 3.8) is 0 Å². The van der Waals surface area contributed by atoms with Gasteiger partial charge in [-0.05, 0) is 65.2 Å². The molecule has 12 heteroatoms. The van der Waals surface area contributed by atoms with Gasteiger partial charge in [0.1, 0.15) is 12.2 Å². The molecule has 38 heavy (non-hydrogen) atoms. The van der Waals surface area contributed by atoms with E-state index in [1.807, 2.05) is 36.4 Å². The number of hydrogen-bond donors (Lipinski definition) is 2. The molecule has 1 aliphatic heterocycles. The zero-order valence-electron chi connectivity index (χ0n) is 19.8. The Bertz CT molecular complexity index is 1710. The van der Waals surface area contributed by atoms with Crippen molar-refractivity contribution in [3.05, 3.63) is 94.0 Å². The van der Waals surface area contributed by atoms with Gasteiger partial charge in [-0.25, -0.2) is 4.98 Å². The standard InChI is InChI=1S/C26H20ClN7O3S/c27-17-4-6-22(33-14-29-31-32-33)20(11-17)16-8-18-5-7-23(34(18)24(35)10-16)26-28-12-21(30-26)15-2-1-3-19(9-15)38-13-25(36)37/h1-4,6,8-12,14,23H,5,7,13H2,(H,28,30)(H,36,37)/t23-/m0/s1. The number of aryl methyl sites for hydroxylation is 1. The molecule has 4 heterocycles. The average molecular weight is 546 g/mol. The molecule has 0 bridgehead atoms. The number of thioether (sulfide) groups is 1. The Hall–Kier alpha value is -4.22. The number of carboxylic acids is 1. The minimum Gasteiger partial charge on any atom is -0.481 e. The first-order chi connectivity index (χ1) is 18.5. The van der Waals surface area contributed by atoms with Crippen molar-refractivity contribution < 1.29 is 9.90 Å². The van der Waals surface area contributed by atoms with Crippen LogP contribution in [0.3, 0.4) is 0 Å². The smallest absolute Gasteiger partial charge is 0.313 e. The fraction of sp³-hybridized carbons (Fsp3) is 0.154. The summed E-state index contributed by atoms with van der Waals surface area (Å²) in [6.07, 6.45) is 4.69. The first-order valence-electron chi connectivity index (χ1n) is 11.7. The summed E-state index contributed by atoms with van der Waals surface area (Å²) in [6.45, 7) is 0. The van der Waals surface area contributed by atoms with Crippen LogP contribution in [0.25, 0.3) is 28.1 Å². The van der Waals surface area contributed by atoms with Gasteiger partial charge in [-0.2, -0.15) is 4.68 Å². The van der Waals surface area contributed by atoms with Gasteiger partial charge in [0.15, 0.2) is 0 Å². The molecule has 5 aromatic rings. The summed E-state index contributed by atoms with van der Waals surface area (Å²) < 4.78 is 3.32. The second kappa shape index (κ2) is 9.92. The van der Waals surface area contributed by atoms with E-state index in [1.54, 1.807) is 33.6 Å². The molecule has 0 fully saturated rings. The molecule has 10 nitrogen and oxygen atoms in total. The van der Waals surface area contributed by atoms with Crippen LogP contribution in [0.5, 0.6) is 0 Å². The van der Waals surface area contributed by atoms with Gasteiger partial charge in [-0.1, -0.05) is 23.7 Å². The number of fused-ring (bicyclic) bond motifs is 1. The van der Waals surface area contributed by atoms with E-state index in [4.69, 9.17) is 16.7 Å². The second-order valence-electron chi connectivity index (χ2n) is 8.81. The van der Waals surface area contributed by atoms with E-state index in [-0.39, 0.29) is 17.4 Å². The van der Waals surface area contributed by atoms with Gasteiger partial charge < -0.3 is 14.7 Å². The monoisotopic (exact) mass is 545 g/mol. The maximum Gasteiger partial charge on any atom is 0.313 e. The number of halogens is 1. The lowest BCUT2D eigenvalue weighted by atomic mass is 10.0. The molecule has 190 valence electrons. The molecule has 0 amide bonds. The molecule has 0 saturated heterocycles. The number of aromatic nitrogens is 7. The summed E-state index contributed by atoms with van der Waals surface area (Å²) in [4.78, 5) is 33.2. The number of aromatic amines is 1. The fourth-order valence-corrected chi connectivity index (χ4v) is 5.62. The zero-order valence-corrected chi connectivity index (χ0v) is 21.4. The third-order valence-electron chi connectivity index (χ3n) is 6.42. The van der Waals surface area contributed by atoms with Crippen molar-refractivity contribution in [3.8, 4) is 28.1 Å². The highest BCUT2D eigenvalue weighted by atomic mass is 35.5. The van der Waals surface area contributed by atoms with Gasteiger partial charge in [0, 0.05) is 32.8 Å². The number of rotatable bonds is 7. The minimum absolute atomic E-state index is 0.00611.